The SMILES string of the molecule is Cc1c(F)c(F)c(CSc2nnc(-c3cc(-c4ccccc4)nc4ccccc34)n2Cc2ccco2)c(F)c1F. The Bertz CT molecular complexity index is 1810. The van der Waals surface area contributed by atoms with Crippen molar-refractivity contribution in [1.82, 2.24) is 19.7 Å². The highest BCUT2D eigenvalue weighted by atomic mass is 32.2. The molecule has 0 unspecified atom stereocenters. The lowest BCUT2D eigenvalue weighted by Crippen LogP contribution is -2.07. The second-order valence-electron chi connectivity index (χ2n) is 9.06. The molecule has 0 spiro atoms. The molecule has 0 fully saturated rings. The zero-order valence-electron chi connectivity index (χ0n) is 21.0. The maximum Gasteiger partial charge on any atom is 0.192 e. The number of rotatable bonds is 7. The number of halogens is 4. The Hall–Kier alpha value is -4.44. The van der Waals surface area contributed by atoms with Gasteiger partial charge in [0.15, 0.2) is 34.2 Å². The van der Waals surface area contributed by atoms with Crippen LogP contribution >= 0.6 is 11.8 Å². The number of pyridine rings is 1. The van der Waals surface area contributed by atoms with E-state index in [0.717, 1.165) is 46.4 Å². The van der Waals surface area contributed by atoms with Crippen LogP contribution in [-0.2, 0) is 12.3 Å². The Labute approximate surface area is 230 Å². The molecule has 3 aromatic heterocycles. The monoisotopic (exact) mass is 560 g/mol. The van der Waals surface area contributed by atoms with Crippen LogP contribution in [0.4, 0.5) is 17.6 Å². The number of hydrogen-bond donors (Lipinski definition) is 0. The fourth-order valence-corrected chi connectivity index (χ4v) is 5.40. The van der Waals surface area contributed by atoms with E-state index in [1.807, 2.05) is 60.7 Å². The third kappa shape index (κ3) is 4.64. The lowest BCUT2D eigenvalue weighted by Gasteiger charge is -2.13. The fourth-order valence-electron chi connectivity index (χ4n) is 4.46. The van der Waals surface area contributed by atoms with Gasteiger partial charge >= 0.3 is 0 Å². The van der Waals surface area contributed by atoms with Gasteiger partial charge in [-0.3, -0.25) is 4.57 Å². The maximum atomic E-state index is 14.6. The predicted octanol–water partition coefficient (Wildman–Crippen LogP) is 7.96. The van der Waals surface area contributed by atoms with Gasteiger partial charge in [0.2, 0.25) is 0 Å². The van der Waals surface area contributed by atoms with E-state index in [4.69, 9.17) is 9.40 Å². The van der Waals surface area contributed by atoms with E-state index in [1.165, 1.54) is 6.26 Å². The highest BCUT2D eigenvalue weighted by Crippen LogP contribution is 2.35. The van der Waals surface area contributed by atoms with Gasteiger partial charge in [0.1, 0.15) is 5.76 Å². The average Bonchev–Trinajstić information content (AvgIpc) is 3.65. The smallest absolute Gasteiger partial charge is 0.192 e. The molecule has 5 nitrogen and oxygen atoms in total. The molecule has 0 amide bonds. The van der Waals surface area contributed by atoms with Crippen molar-refractivity contribution in [2.24, 2.45) is 0 Å². The number of aromatic nitrogens is 4. The van der Waals surface area contributed by atoms with Crippen molar-refractivity contribution in [3.8, 4) is 22.6 Å². The molecule has 0 radical (unpaired) electrons. The van der Waals surface area contributed by atoms with Crippen molar-refractivity contribution in [3.05, 3.63) is 119 Å². The number of thioether (sulfide) groups is 1. The van der Waals surface area contributed by atoms with Crippen molar-refractivity contribution < 1.29 is 22.0 Å². The van der Waals surface area contributed by atoms with Crippen molar-refractivity contribution in [3.63, 3.8) is 0 Å². The number of hydrogen-bond acceptors (Lipinski definition) is 5. The molecule has 0 aliphatic heterocycles. The summed E-state index contributed by atoms with van der Waals surface area (Å²) in [5.41, 5.74) is 1.71. The molecule has 0 bridgehead atoms. The van der Waals surface area contributed by atoms with Crippen LogP contribution in [0.25, 0.3) is 33.5 Å². The van der Waals surface area contributed by atoms with Crippen LogP contribution in [0.2, 0.25) is 0 Å². The van der Waals surface area contributed by atoms with Gasteiger partial charge in [-0.15, -0.1) is 10.2 Å². The molecule has 3 heterocycles. The first-order valence-corrected chi connectivity index (χ1v) is 13.3. The van der Waals surface area contributed by atoms with E-state index in [2.05, 4.69) is 10.2 Å². The third-order valence-corrected chi connectivity index (χ3v) is 7.55. The molecule has 0 aliphatic carbocycles. The van der Waals surface area contributed by atoms with Gasteiger partial charge in [-0.25, -0.2) is 22.5 Å². The van der Waals surface area contributed by atoms with E-state index in [9.17, 15) is 17.6 Å². The van der Waals surface area contributed by atoms with Crippen LogP contribution in [0.5, 0.6) is 0 Å². The normalized spacial score (nSPS) is 11.4. The molecular weight excluding hydrogens is 540 g/mol. The molecule has 200 valence electrons. The Balaban J connectivity index is 1.47. The first kappa shape index (κ1) is 25.8. The van der Waals surface area contributed by atoms with Crippen molar-refractivity contribution in [2.75, 3.05) is 0 Å². The average molecular weight is 561 g/mol. The number of furan rings is 1. The van der Waals surface area contributed by atoms with E-state index >= 15 is 0 Å². The van der Waals surface area contributed by atoms with Crippen molar-refractivity contribution in [1.29, 1.82) is 0 Å². The Morgan fingerprint density at radius 3 is 2.27 bits per heavy atom. The van der Waals surface area contributed by atoms with Gasteiger partial charge in [0.25, 0.3) is 0 Å². The lowest BCUT2D eigenvalue weighted by atomic mass is 10.0. The summed E-state index contributed by atoms with van der Waals surface area (Å²) in [7, 11) is 0. The summed E-state index contributed by atoms with van der Waals surface area (Å²) in [5.74, 6) is -5.02. The third-order valence-electron chi connectivity index (χ3n) is 6.56. The first-order valence-electron chi connectivity index (χ1n) is 12.3. The van der Waals surface area contributed by atoms with Gasteiger partial charge in [-0.05, 0) is 31.2 Å². The van der Waals surface area contributed by atoms with Crippen LogP contribution in [0, 0.1) is 30.2 Å². The summed E-state index contributed by atoms with van der Waals surface area (Å²) in [6.45, 7) is 1.19. The second kappa shape index (κ2) is 10.6. The summed E-state index contributed by atoms with van der Waals surface area (Å²) in [6, 6.07) is 22.7. The molecule has 3 aromatic carbocycles. The summed E-state index contributed by atoms with van der Waals surface area (Å²) >= 11 is 0.914. The molecule has 0 atom stereocenters. The number of nitrogens with zero attached hydrogens (tertiary/aromatic N) is 4. The molecular formula is C30H20F4N4OS. The number of para-hydroxylation sites is 1. The van der Waals surface area contributed by atoms with Gasteiger partial charge in [0, 0.05) is 33.4 Å². The minimum absolute atomic E-state index is 0.205. The topological polar surface area (TPSA) is 56.7 Å². The molecule has 0 N–H and O–H groups in total. The second-order valence-corrected chi connectivity index (χ2v) is 10.0. The highest BCUT2D eigenvalue weighted by molar-refractivity contribution is 7.98. The standard InChI is InChI=1S/C30H20F4N4OS/c1-17-25(31)27(33)22(28(34)26(17)32)16-40-30-37-36-29(38(30)15-19-10-7-13-39-19)21-14-24(18-8-3-2-4-9-18)35-23-12-6-5-11-20(21)23/h2-14H,15-16H2,1H3. The maximum absolute atomic E-state index is 14.6. The van der Waals surface area contributed by atoms with Crippen LogP contribution in [0.15, 0.2) is 88.6 Å². The molecule has 10 heteroatoms. The summed E-state index contributed by atoms with van der Waals surface area (Å²) in [5, 5.41) is 9.86. The predicted molar refractivity (Wildman–Crippen MR) is 145 cm³/mol. The van der Waals surface area contributed by atoms with Crippen LogP contribution in [0.1, 0.15) is 16.9 Å². The summed E-state index contributed by atoms with van der Waals surface area (Å²) < 4.78 is 64.9. The van der Waals surface area contributed by atoms with E-state index in [1.54, 1.807) is 16.7 Å². The Morgan fingerprint density at radius 2 is 1.55 bits per heavy atom. The Morgan fingerprint density at radius 1 is 0.825 bits per heavy atom. The van der Waals surface area contributed by atoms with E-state index < -0.39 is 40.1 Å². The quantitative estimate of drug-likeness (QED) is 0.113. The zero-order valence-corrected chi connectivity index (χ0v) is 21.9. The number of fused-ring (bicyclic) bond motifs is 1. The van der Waals surface area contributed by atoms with Gasteiger partial charge < -0.3 is 4.42 Å². The van der Waals surface area contributed by atoms with Crippen LogP contribution < -0.4 is 0 Å². The summed E-state index contributed by atoms with van der Waals surface area (Å²) in [4.78, 5) is 4.83. The lowest BCUT2D eigenvalue weighted by molar-refractivity contribution is 0.435. The minimum Gasteiger partial charge on any atom is -0.467 e. The van der Waals surface area contributed by atoms with Crippen molar-refractivity contribution in [2.45, 2.75) is 24.4 Å². The fraction of sp³-hybridized carbons (Fsp3) is 0.100. The van der Waals surface area contributed by atoms with Gasteiger partial charge in [-0.1, -0.05) is 60.3 Å². The van der Waals surface area contributed by atoms with Crippen molar-refractivity contribution >= 4 is 22.7 Å². The minimum atomic E-state index is -1.42. The first-order chi connectivity index (χ1) is 19.4. The highest BCUT2D eigenvalue weighted by Gasteiger charge is 2.25. The molecule has 40 heavy (non-hydrogen) atoms. The van der Waals surface area contributed by atoms with Crippen LogP contribution in [0.3, 0.4) is 0 Å². The zero-order chi connectivity index (χ0) is 27.8. The van der Waals surface area contributed by atoms with Crippen LogP contribution in [-0.4, -0.2) is 19.7 Å². The van der Waals surface area contributed by atoms with Gasteiger partial charge in [-0.2, -0.15) is 0 Å². The molecule has 0 saturated carbocycles. The number of benzene rings is 3. The summed E-state index contributed by atoms with van der Waals surface area (Å²) in [6.07, 6.45) is 1.53. The van der Waals surface area contributed by atoms with Gasteiger partial charge in [0.05, 0.1) is 24.0 Å². The molecule has 0 aliphatic rings. The molecule has 6 rings (SSSR count). The Kier molecular flexibility index (Phi) is 6.85. The van der Waals surface area contributed by atoms with E-state index in [-0.39, 0.29) is 11.7 Å². The van der Waals surface area contributed by atoms with E-state index in [0.29, 0.717) is 11.6 Å². The largest absolute Gasteiger partial charge is 0.467 e. The molecule has 0 saturated heterocycles. The molecule has 6 aromatic rings.